The maximum atomic E-state index is 12.3. The van der Waals surface area contributed by atoms with E-state index in [-0.39, 0.29) is 16.3 Å². The van der Waals surface area contributed by atoms with Crippen LogP contribution in [0.15, 0.2) is 15.5 Å². The number of rotatable bonds is 5. The number of fused-ring (bicyclic) bond motifs is 1. The number of nitrogens with zero attached hydrogens (tertiary/aromatic N) is 1. The van der Waals surface area contributed by atoms with Crippen LogP contribution in [0.1, 0.15) is 51.3 Å². The molecule has 3 rings (SSSR count). The number of hydrogen-bond donors (Lipinski definition) is 2. The molecule has 1 aliphatic carbocycles. The van der Waals surface area contributed by atoms with Gasteiger partial charge in [-0.25, -0.2) is 8.42 Å². The van der Waals surface area contributed by atoms with Crippen LogP contribution in [0.25, 0.3) is 0 Å². The van der Waals surface area contributed by atoms with Crippen molar-refractivity contribution in [1.29, 1.82) is 0 Å². The summed E-state index contributed by atoms with van der Waals surface area (Å²) in [4.78, 5) is 16.1. The van der Waals surface area contributed by atoms with Gasteiger partial charge in [0, 0.05) is 4.88 Å². The highest BCUT2D eigenvalue weighted by Crippen LogP contribution is 2.33. The lowest BCUT2D eigenvalue weighted by molar-refractivity contribution is 0.0949. The summed E-state index contributed by atoms with van der Waals surface area (Å²) in [5, 5.41) is 3.62. The summed E-state index contributed by atoms with van der Waals surface area (Å²) in [5.41, 5.74) is 3.74. The van der Waals surface area contributed by atoms with E-state index in [1.54, 1.807) is 0 Å². The zero-order chi connectivity index (χ0) is 18.2. The van der Waals surface area contributed by atoms with E-state index in [1.807, 2.05) is 6.07 Å². The molecule has 1 aliphatic rings. The number of hydrogen-bond acceptors (Lipinski definition) is 6. The lowest BCUT2D eigenvalue weighted by Gasteiger charge is -2.19. The quantitative estimate of drug-likeness (QED) is 0.773. The fraction of sp³-hybridized carbons (Fsp3) is 0.500. The van der Waals surface area contributed by atoms with Gasteiger partial charge >= 0.3 is 0 Å². The van der Waals surface area contributed by atoms with Crippen LogP contribution in [0.3, 0.4) is 0 Å². The first kappa shape index (κ1) is 18.1. The molecule has 7 nitrogen and oxygen atoms in total. The van der Waals surface area contributed by atoms with Crippen LogP contribution < -0.4 is 10.3 Å². The number of nitrogens with one attached hydrogen (secondary N) is 2. The summed E-state index contributed by atoms with van der Waals surface area (Å²) in [6, 6.07) is 1.88. The Kier molecular flexibility index (Phi) is 4.99. The van der Waals surface area contributed by atoms with Crippen molar-refractivity contribution in [3.05, 3.63) is 32.8 Å². The second-order valence-electron chi connectivity index (χ2n) is 6.29. The van der Waals surface area contributed by atoms with Crippen LogP contribution in [-0.2, 0) is 22.9 Å². The highest BCUT2D eigenvalue weighted by atomic mass is 32.2. The molecule has 1 amide bonds. The maximum absolute atomic E-state index is 12.3. The molecule has 2 N–H and O–H groups in total. The molecule has 2 heterocycles. The molecule has 0 aliphatic heterocycles. The van der Waals surface area contributed by atoms with Gasteiger partial charge in [-0.3, -0.25) is 10.2 Å². The minimum atomic E-state index is -3.93. The molecule has 2 aromatic rings. The SMILES string of the molecule is CC[C@H]1CCc2sc(C(=O)NNS(=O)(=O)c3c(C)noc3C)cc2C1. The van der Waals surface area contributed by atoms with Crippen LogP contribution in [0.5, 0.6) is 0 Å². The van der Waals surface area contributed by atoms with Crippen molar-refractivity contribution in [3.63, 3.8) is 0 Å². The van der Waals surface area contributed by atoms with Crippen molar-refractivity contribution >= 4 is 27.3 Å². The van der Waals surface area contributed by atoms with E-state index < -0.39 is 15.9 Å². The van der Waals surface area contributed by atoms with E-state index >= 15 is 0 Å². The van der Waals surface area contributed by atoms with E-state index in [1.165, 1.54) is 35.6 Å². The van der Waals surface area contributed by atoms with E-state index in [0.717, 1.165) is 25.7 Å². The number of carbonyl (C=O) groups excluding carboxylic acids is 1. The number of sulfonamides is 1. The molecule has 0 fully saturated rings. The molecule has 136 valence electrons. The average molecular weight is 383 g/mol. The Balaban J connectivity index is 1.70. The maximum Gasteiger partial charge on any atom is 0.276 e. The third-order valence-corrected chi connectivity index (χ3v) is 7.25. The molecule has 0 saturated heterocycles. The monoisotopic (exact) mass is 383 g/mol. The number of aromatic nitrogens is 1. The Morgan fingerprint density at radius 2 is 2.20 bits per heavy atom. The average Bonchev–Trinajstić information content (AvgIpc) is 3.15. The predicted molar refractivity (Wildman–Crippen MR) is 93.9 cm³/mol. The molecule has 0 unspecified atom stereocenters. The Morgan fingerprint density at radius 1 is 1.44 bits per heavy atom. The van der Waals surface area contributed by atoms with Crippen molar-refractivity contribution in [1.82, 2.24) is 15.4 Å². The molecule has 0 radical (unpaired) electrons. The lowest BCUT2D eigenvalue weighted by atomic mass is 9.87. The minimum Gasteiger partial charge on any atom is -0.360 e. The fourth-order valence-corrected chi connectivity index (χ4v) is 5.42. The molecule has 9 heteroatoms. The number of carbonyl (C=O) groups is 1. The first-order valence-electron chi connectivity index (χ1n) is 8.18. The van der Waals surface area contributed by atoms with Gasteiger partial charge in [-0.1, -0.05) is 18.5 Å². The summed E-state index contributed by atoms with van der Waals surface area (Å²) < 4.78 is 29.5. The van der Waals surface area contributed by atoms with Crippen LogP contribution >= 0.6 is 11.3 Å². The normalized spacial score (nSPS) is 17.3. The van der Waals surface area contributed by atoms with Crippen molar-refractivity contribution in [2.45, 2.75) is 51.3 Å². The smallest absolute Gasteiger partial charge is 0.276 e. The highest BCUT2D eigenvalue weighted by Gasteiger charge is 2.26. The third-order valence-electron chi connectivity index (χ3n) is 4.52. The summed E-state index contributed by atoms with van der Waals surface area (Å²) >= 11 is 1.43. The Labute approximate surface area is 150 Å². The van der Waals surface area contributed by atoms with Gasteiger partial charge in [-0.15, -0.1) is 16.2 Å². The van der Waals surface area contributed by atoms with Crippen LogP contribution in [0, 0.1) is 19.8 Å². The molecule has 0 spiro atoms. The van der Waals surface area contributed by atoms with E-state index in [4.69, 9.17) is 4.52 Å². The zero-order valence-corrected chi connectivity index (χ0v) is 16.0. The van der Waals surface area contributed by atoms with Gasteiger partial charge in [0.15, 0.2) is 5.76 Å². The molecular weight excluding hydrogens is 362 g/mol. The second-order valence-corrected chi connectivity index (χ2v) is 9.05. The first-order chi connectivity index (χ1) is 11.8. The predicted octanol–water partition coefficient (Wildman–Crippen LogP) is 2.49. The number of aryl methyl sites for hydroxylation is 3. The van der Waals surface area contributed by atoms with Gasteiger partial charge < -0.3 is 4.52 Å². The van der Waals surface area contributed by atoms with Crippen molar-refractivity contribution < 1.29 is 17.7 Å². The van der Waals surface area contributed by atoms with Gasteiger partial charge in [0.25, 0.3) is 15.9 Å². The van der Waals surface area contributed by atoms with Gasteiger partial charge in [-0.2, -0.15) is 0 Å². The summed E-state index contributed by atoms with van der Waals surface area (Å²) in [6.45, 7) is 5.22. The Morgan fingerprint density at radius 3 is 2.84 bits per heavy atom. The number of amides is 1. The number of thiophene rings is 1. The third kappa shape index (κ3) is 3.63. The first-order valence-corrected chi connectivity index (χ1v) is 10.5. The van der Waals surface area contributed by atoms with Gasteiger partial charge in [0.05, 0.1) is 4.88 Å². The highest BCUT2D eigenvalue weighted by molar-refractivity contribution is 7.89. The summed E-state index contributed by atoms with van der Waals surface area (Å²) in [5.74, 6) is 0.385. The van der Waals surface area contributed by atoms with Crippen LogP contribution in [0.2, 0.25) is 0 Å². The second kappa shape index (κ2) is 6.89. The van der Waals surface area contributed by atoms with E-state index in [9.17, 15) is 13.2 Å². The minimum absolute atomic E-state index is 0.0518. The molecule has 2 aromatic heterocycles. The van der Waals surface area contributed by atoms with Gasteiger partial charge in [0.2, 0.25) is 0 Å². The Hall–Kier alpha value is -1.71. The lowest BCUT2D eigenvalue weighted by Crippen LogP contribution is -2.41. The topological polar surface area (TPSA) is 101 Å². The Bertz CT molecular complexity index is 879. The largest absolute Gasteiger partial charge is 0.360 e. The van der Waals surface area contributed by atoms with Gasteiger partial charge in [0.1, 0.15) is 10.6 Å². The number of hydrazine groups is 1. The standard InChI is InChI=1S/C16H21N3O4S2/c1-4-11-5-6-13-12(7-11)8-14(24-13)16(20)17-19-25(21,22)15-9(2)18-23-10(15)3/h8,11,19H,4-7H2,1-3H3,(H,17,20)/t11-/m0/s1. The molecule has 0 aromatic carbocycles. The molecule has 0 bridgehead atoms. The van der Waals surface area contributed by atoms with E-state index in [2.05, 4.69) is 22.3 Å². The van der Waals surface area contributed by atoms with Crippen molar-refractivity contribution in [3.8, 4) is 0 Å². The van der Waals surface area contributed by atoms with Crippen LogP contribution in [-0.4, -0.2) is 19.5 Å². The van der Waals surface area contributed by atoms with Crippen molar-refractivity contribution in [2.24, 2.45) is 5.92 Å². The molecule has 1 atom stereocenters. The van der Waals surface area contributed by atoms with Crippen LogP contribution in [0.4, 0.5) is 0 Å². The van der Waals surface area contributed by atoms with Crippen molar-refractivity contribution in [2.75, 3.05) is 0 Å². The zero-order valence-electron chi connectivity index (χ0n) is 14.4. The fourth-order valence-electron chi connectivity index (χ4n) is 3.14. The van der Waals surface area contributed by atoms with Gasteiger partial charge in [-0.05, 0) is 50.7 Å². The summed E-state index contributed by atoms with van der Waals surface area (Å²) in [6.07, 6.45) is 4.24. The molecular formula is C16H21N3O4S2. The molecule has 0 saturated carbocycles. The summed E-state index contributed by atoms with van der Waals surface area (Å²) in [7, 11) is -3.93. The molecule has 25 heavy (non-hydrogen) atoms. The van der Waals surface area contributed by atoms with E-state index in [0.29, 0.717) is 10.8 Å².